The van der Waals surface area contributed by atoms with Crippen LogP contribution in [0.3, 0.4) is 0 Å². The van der Waals surface area contributed by atoms with Crippen molar-refractivity contribution in [2.24, 2.45) is 4.40 Å². The fourth-order valence-corrected chi connectivity index (χ4v) is 2.71. The molecule has 0 spiro atoms. The monoisotopic (exact) mass is 238 g/mol. The molecule has 0 unspecified atom stereocenters. The van der Waals surface area contributed by atoms with E-state index in [1.807, 2.05) is 17.0 Å². The van der Waals surface area contributed by atoms with Gasteiger partial charge in [0.1, 0.15) is 11.2 Å². The van der Waals surface area contributed by atoms with Crippen LogP contribution in [-0.4, -0.2) is 21.3 Å². The molecule has 0 amide bonds. The van der Waals surface area contributed by atoms with Crippen molar-refractivity contribution in [3.8, 4) is 0 Å². The highest BCUT2D eigenvalue weighted by molar-refractivity contribution is 7.90. The third kappa shape index (κ3) is 1.95. The van der Waals surface area contributed by atoms with Crippen molar-refractivity contribution in [3.63, 3.8) is 0 Å². The lowest BCUT2D eigenvalue weighted by atomic mass is 10.2. The Bertz CT molecular complexity index is 508. The van der Waals surface area contributed by atoms with E-state index >= 15 is 0 Å². The number of sulfonamides is 1. The number of unbranched alkanes of at least 4 members (excludes halogenated alkanes) is 1. The van der Waals surface area contributed by atoms with Gasteiger partial charge in [-0.25, -0.2) is 0 Å². The molecular formula is C11H14N2O2S. The van der Waals surface area contributed by atoms with Crippen molar-refractivity contribution < 1.29 is 8.42 Å². The first-order valence-corrected chi connectivity index (χ1v) is 6.75. The highest BCUT2D eigenvalue weighted by Gasteiger charge is 2.23. The van der Waals surface area contributed by atoms with Crippen molar-refractivity contribution in [3.05, 3.63) is 24.3 Å². The van der Waals surface area contributed by atoms with Crippen molar-refractivity contribution >= 4 is 22.0 Å². The zero-order valence-corrected chi connectivity index (χ0v) is 9.94. The average molecular weight is 238 g/mol. The molecule has 1 aliphatic heterocycles. The molecule has 86 valence electrons. The number of para-hydroxylation sites is 1. The average Bonchev–Trinajstić information content (AvgIpc) is 2.29. The van der Waals surface area contributed by atoms with Gasteiger partial charge in [0, 0.05) is 6.54 Å². The minimum atomic E-state index is -3.47. The zero-order chi connectivity index (χ0) is 11.6. The van der Waals surface area contributed by atoms with Crippen molar-refractivity contribution in [1.82, 2.24) is 0 Å². The molecule has 0 saturated carbocycles. The predicted octanol–water partition coefficient (Wildman–Crippen LogP) is 2.02. The van der Waals surface area contributed by atoms with Crippen LogP contribution in [0.15, 0.2) is 33.6 Å². The van der Waals surface area contributed by atoms with Gasteiger partial charge in [-0.1, -0.05) is 25.5 Å². The number of hydrogen-bond acceptors (Lipinski definition) is 3. The molecule has 0 aliphatic carbocycles. The van der Waals surface area contributed by atoms with E-state index in [9.17, 15) is 8.42 Å². The highest BCUT2D eigenvalue weighted by atomic mass is 32.2. The minimum Gasteiger partial charge on any atom is -0.331 e. The third-order valence-electron chi connectivity index (χ3n) is 2.53. The maximum absolute atomic E-state index is 11.7. The van der Waals surface area contributed by atoms with Crippen LogP contribution in [0.5, 0.6) is 0 Å². The summed E-state index contributed by atoms with van der Waals surface area (Å²) >= 11 is 0. The van der Waals surface area contributed by atoms with E-state index in [4.69, 9.17) is 0 Å². The van der Waals surface area contributed by atoms with Crippen molar-refractivity contribution in [1.29, 1.82) is 0 Å². The molecule has 4 nitrogen and oxygen atoms in total. The molecular weight excluding hydrogens is 224 g/mol. The lowest BCUT2D eigenvalue weighted by Gasteiger charge is -2.24. The standard InChI is InChI=1S/C11H14N2O2S/c1-2-3-8-13-9-12-16(14,15)11-7-5-4-6-10(11)13/h4-7,9H,2-3,8H2,1H3. The lowest BCUT2D eigenvalue weighted by Crippen LogP contribution is -2.28. The number of rotatable bonds is 3. The smallest absolute Gasteiger partial charge is 0.285 e. The Hall–Kier alpha value is -1.36. The summed E-state index contributed by atoms with van der Waals surface area (Å²) < 4.78 is 26.9. The van der Waals surface area contributed by atoms with Gasteiger partial charge in [0.15, 0.2) is 0 Å². The van der Waals surface area contributed by atoms with E-state index in [1.54, 1.807) is 12.1 Å². The summed E-state index contributed by atoms with van der Waals surface area (Å²) in [5.41, 5.74) is 0.728. The van der Waals surface area contributed by atoms with Crippen LogP contribution in [0.2, 0.25) is 0 Å². The van der Waals surface area contributed by atoms with Crippen molar-refractivity contribution in [2.45, 2.75) is 24.7 Å². The molecule has 1 aromatic rings. The summed E-state index contributed by atoms with van der Waals surface area (Å²) in [5, 5.41) is 0. The van der Waals surface area contributed by atoms with Crippen LogP contribution in [0.25, 0.3) is 0 Å². The Morgan fingerprint density at radius 2 is 2.06 bits per heavy atom. The van der Waals surface area contributed by atoms with Gasteiger partial charge in [-0.05, 0) is 18.6 Å². The largest absolute Gasteiger partial charge is 0.331 e. The normalized spacial score (nSPS) is 17.2. The molecule has 0 N–H and O–H groups in total. The van der Waals surface area contributed by atoms with Crippen LogP contribution in [-0.2, 0) is 10.0 Å². The summed E-state index contributed by atoms with van der Waals surface area (Å²) in [4.78, 5) is 2.19. The van der Waals surface area contributed by atoms with Gasteiger partial charge in [-0.3, -0.25) is 0 Å². The van der Waals surface area contributed by atoms with E-state index in [0.29, 0.717) is 4.90 Å². The molecule has 0 atom stereocenters. The Balaban J connectivity index is 2.41. The number of hydrogen-bond donors (Lipinski definition) is 0. The van der Waals surface area contributed by atoms with Gasteiger partial charge in [-0.2, -0.15) is 8.42 Å². The molecule has 1 aliphatic rings. The Kier molecular flexibility index (Phi) is 2.96. The zero-order valence-electron chi connectivity index (χ0n) is 9.13. The molecule has 5 heteroatoms. The number of anilines is 1. The molecule has 1 heterocycles. The predicted molar refractivity (Wildman–Crippen MR) is 64.4 cm³/mol. The summed E-state index contributed by atoms with van der Waals surface area (Å²) in [6.07, 6.45) is 3.49. The van der Waals surface area contributed by atoms with E-state index in [1.165, 1.54) is 6.34 Å². The second kappa shape index (κ2) is 4.25. The Morgan fingerprint density at radius 3 is 2.81 bits per heavy atom. The third-order valence-corrected chi connectivity index (χ3v) is 3.80. The highest BCUT2D eigenvalue weighted by Crippen LogP contribution is 2.29. The fraction of sp³-hybridized carbons (Fsp3) is 0.364. The number of nitrogens with zero attached hydrogens (tertiary/aromatic N) is 2. The van der Waals surface area contributed by atoms with E-state index in [-0.39, 0.29) is 0 Å². The quantitative estimate of drug-likeness (QED) is 0.809. The first kappa shape index (κ1) is 11.1. The van der Waals surface area contributed by atoms with Crippen molar-refractivity contribution in [2.75, 3.05) is 11.4 Å². The van der Waals surface area contributed by atoms with Gasteiger partial charge in [0.25, 0.3) is 10.0 Å². The summed E-state index contributed by atoms with van der Waals surface area (Å²) in [5.74, 6) is 0. The summed E-state index contributed by atoms with van der Waals surface area (Å²) in [6, 6.07) is 6.97. The number of fused-ring (bicyclic) bond motifs is 1. The first-order chi connectivity index (χ1) is 7.65. The van der Waals surface area contributed by atoms with Crippen LogP contribution >= 0.6 is 0 Å². The second-order valence-corrected chi connectivity index (χ2v) is 5.31. The molecule has 0 bridgehead atoms. The van der Waals surface area contributed by atoms with E-state index in [0.717, 1.165) is 25.1 Å². The molecule has 0 fully saturated rings. The lowest BCUT2D eigenvalue weighted by molar-refractivity contribution is 0.597. The molecule has 16 heavy (non-hydrogen) atoms. The van der Waals surface area contributed by atoms with Gasteiger partial charge in [-0.15, -0.1) is 4.40 Å². The van der Waals surface area contributed by atoms with Crippen LogP contribution < -0.4 is 4.90 Å². The van der Waals surface area contributed by atoms with Gasteiger partial charge >= 0.3 is 0 Å². The Labute approximate surface area is 95.7 Å². The van der Waals surface area contributed by atoms with Crippen LogP contribution in [0, 0.1) is 0 Å². The Morgan fingerprint density at radius 1 is 1.31 bits per heavy atom. The maximum atomic E-state index is 11.7. The first-order valence-electron chi connectivity index (χ1n) is 5.31. The van der Waals surface area contributed by atoms with Gasteiger partial charge < -0.3 is 4.90 Å². The van der Waals surface area contributed by atoms with Gasteiger partial charge in [0.05, 0.1) is 5.69 Å². The van der Waals surface area contributed by atoms with Crippen LogP contribution in [0.1, 0.15) is 19.8 Å². The molecule has 0 saturated heterocycles. The molecule has 1 aromatic carbocycles. The number of benzene rings is 1. The SMILES string of the molecule is CCCCN1C=NS(=O)(=O)c2ccccc21. The topological polar surface area (TPSA) is 49.7 Å². The summed E-state index contributed by atoms with van der Waals surface area (Å²) in [6.45, 7) is 2.90. The van der Waals surface area contributed by atoms with E-state index in [2.05, 4.69) is 11.3 Å². The fourth-order valence-electron chi connectivity index (χ4n) is 1.66. The van der Waals surface area contributed by atoms with E-state index < -0.39 is 10.0 Å². The van der Waals surface area contributed by atoms with Gasteiger partial charge in [0.2, 0.25) is 0 Å². The molecule has 0 radical (unpaired) electrons. The molecule has 0 aromatic heterocycles. The minimum absolute atomic E-state index is 0.300. The molecule has 2 rings (SSSR count). The maximum Gasteiger partial charge on any atom is 0.285 e. The second-order valence-electron chi connectivity index (χ2n) is 3.71. The summed E-state index contributed by atoms with van der Waals surface area (Å²) in [7, 11) is -3.47. The van der Waals surface area contributed by atoms with Crippen LogP contribution in [0.4, 0.5) is 5.69 Å².